The molecule has 2 aliphatic carbocycles. The number of aromatic amines is 1. The van der Waals surface area contributed by atoms with E-state index in [1.54, 1.807) is 16.0 Å². The number of nitrogens with zero attached hydrogens (tertiary/aromatic N) is 3. The molecule has 3 aromatic rings. The molecule has 3 unspecified atom stereocenters. The quantitative estimate of drug-likeness (QED) is 0.258. The summed E-state index contributed by atoms with van der Waals surface area (Å²) in [5.74, 6) is 2.62. The lowest BCUT2D eigenvalue weighted by Crippen LogP contribution is -2.52. The standard InChI is InChI=1S/C34H42ClN5O3/c1-2-23-19-37-34-32(23)33(35)28(20-38-34)26-7-3-8-27(18-26)40-15-14-39(21-31(40)43)30(42)10-5-13-36-29(41)9-4-6-24-16-22-11-12-25(24)17-22/h3,7-8,18-20,22,24-25H,2,4-6,9-17,21H2,1H3,(H,36,41)(H,37,38). The molecule has 0 spiro atoms. The van der Waals surface area contributed by atoms with Gasteiger partial charge < -0.3 is 20.1 Å². The first-order valence-electron chi connectivity index (χ1n) is 16.0. The highest BCUT2D eigenvalue weighted by molar-refractivity contribution is 6.38. The monoisotopic (exact) mass is 603 g/mol. The Morgan fingerprint density at radius 3 is 2.79 bits per heavy atom. The van der Waals surface area contributed by atoms with Crippen LogP contribution in [0.4, 0.5) is 5.69 Å². The molecule has 2 aromatic heterocycles. The minimum Gasteiger partial charge on any atom is -0.356 e. The Hall–Kier alpha value is -3.39. The summed E-state index contributed by atoms with van der Waals surface area (Å²) in [7, 11) is 0. The summed E-state index contributed by atoms with van der Waals surface area (Å²) in [6.45, 7) is 3.53. The molecule has 3 aliphatic rings. The molecular formula is C34H42ClN5O3. The Morgan fingerprint density at radius 2 is 2.02 bits per heavy atom. The lowest BCUT2D eigenvalue weighted by atomic mass is 9.85. The topological polar surface area (TPSA) is 98.4 Å². The summed E-state index contributed by atoms with van der Waals surface area (Å²) in [4.78, 5) is 49.4. The average Bonchev–Trinajstić information content (AvgIpc) is 3.76. The summed E-state index contributed by atoms with van der Waals surface area (Å²) in [5, 5.41) is 4.55. The van der Waals surface area contributed by atoms with E-state index in [9.17, 15) is 14.4 Å². The van der Waals surface area contributed by atoms with Crippen molar-refractivity contribution >= 4 is 46.0 Å². The van der Waals surface area contributed by atoms with Crippen LogP contribution in [0, 0.1) is 17.8 Å². The molecule has 3 heterocycles. The van der Waals surface area contributed by atoms with E-state index in [-0.39, 0.29) is 24.3 Å². The van der Waals surface area contributed by atoms with Crippen LogP contribution in [-0.4, -0.2) is 58.8 Å². The van der Waals surface area contributed by atoms with Gasteiger partial charge in [0.05, 0.1) is 5.02 Å². The molecule has 2 bridgehead atoms. The first kappa shape index (κ1) is 29.7. The normalized spacial score (nSPS) is 21.6. The van der Waals surface area contributed by atoms with Gasteiger partial charge in [0.2, 0.25) is 17.7 Å². The molecule has 6 rings (SSSR count). The Kier molecular flexibility index (Phi) is 9.03. The molecule has 43 heavy (non-hydrogen) atoms. The van der Waals surface area contributed by atoms with E-state index in [0.717, 1.165) is 64.0 Å². The summed E-state index contributed by atoms with van der Waals surface area (Å²) >= 11 is 6.84. The molecule has 3 amide bonds. The van der Waals surface area contributed by atoms with Crippen LogP contribution >= 0.6 is 11.6 Å². The van der Waals surface area contributed by atoms with Crippen LogP contribution in [0.5, 0.6) is 0 Å². The summed E-state index contributed by atoms with van der Waals surface area (Å²) in [5.41, 5.74) is 4.36. The fraction of sp³-hybridized carbons (Fsp3) is 0.529. The van der Waals surface area contributed by atoms with Crippen molar-refractivity contribution < 1.29 is 14.4 Å². The maximum atomic E-state index is 13.1. The van der Waals surface area contributed by atoms with E-state index in [1.165, 1.54) is 32.1 Å². The molecule has 9 heteroatoms. The van der Waals surface area contributed by atoms with Crippen molar-refractivity contribution in [2.24, 2.45) is 17.8 Å². The van der Waals surface area contributed by atoms with Crippen molar-refractivity contribution in [2.45, 2.75) is 71.1 Å². The second-order valence-corrected chi connectivity index (χ2v) is 12.9. The SMILES string of the molecule is CCc1c[nH]c2ncc(-c3cccc(N4CCN(C(=O)CCCNC(=O)CCCC5CC6CCC5C6)CC4=O)c3)c(Cl)c12. The number of benzene rings is 1. The molecule has 228 valence electrons. The van der Waals surface area contributed by atoms with Gasteiger partial charge in [-0.05, 0) is 86.0 Å². The van der Waals surface area contributed by atoms with Gasteiger partial charge in [0.15, 0.2) is 0 Å². The minimum absolute atomic E-state index is 0.0447. The second kappa shape index (κ2) is 13.1. The van der Waals surface area contributed by atoms with Crippen LogP contribution in [0.2, 0.25) is 5.02 Å². The maximum Gasteiger partial charge on any atom is 0.246 e. The van der Waals surface area contributed by atoms with E-state index in [0.29, 0.717) is 43.9 Å². The third-order valence-corrected chi connectivity index (χ3v) is 10.3. The number of hydrogen-bond acceptors (Lipinski definition) is 4. The van der Waals surface area contributed by atoms with E-state index in [1.807, 2.05) is 30.5 Å². The largest absolute Gasteiger partial charge is 0.356 e. The van der Waals surface area contributed by atoms with Crippen LogP contribution in [0.1, 0.15) is 70.3 Å². The predicted molar refractivity (Wildman–Crippen MR) is 170 cm³/mol. The lowest BCUT2D eigenvalue weighted by molar-refractivity contribution is -0.137. The Balaban J connectivity index is 0.956. The maximum absolute atomic E-state index is 13.1. The number of aromatic nitrogens is 2. The van der Waals surface area contributed by atoms with Gasteiger partial charge in [-0.15, -0.1) is 0 Å². The number of fused-ring (bicyclic) bond motifs is 3. The fourth-order valence-electron chi connectivity index (χ4n) is 7.57. The van der Waals surface area contributed by atoms with Gasteiger partial charge in [-0.3, -0.25) is 14.4 Å². The summed E-state index contributed by atoms with van der Waals surface area (Å²) in [6.07, 6.45) is 13.7. The van der Waals surface area contributed by atoms with Gasteiger partial charge in [0.25, 0.3) is 0 Å². The van der Waals surface area contributed by atoms with Crippen molar-refractivity contribution in [1.82, 2.24) is 20.2 Å². The van der Waals surface area contributed by atoms with Gasteiger partial charge in [-0.1, -0.05) is 37.1 Å². The smallest absolute Gasteiger partial charge is 0.246 e. The summed E-state index contributed by atoms with van der Waals surface area (Å²) < 4.78 is 0. The van der Waals surface area contributed by atoms with Crippen LogP contribution in [0.25, 0.3) is 22.2 Å². The van der Waals surface area contributed by atoms with E-state index >= 15 is 0 Å². The number of aryl methyl sites for hydroxylation is 1. The number of anilines is 1. The first-order chi connectivity index (χ1) is 20.9. The molecular weight excluding hydrogens is 562 g/mol. The molecule has 1 saturated heterocycles. The van der Waals surface area contributed by atoms with Crippen LogP contribution in [-0.2, 0) is 20.8 Å². The Morgan fingerprint density at radius 1 is 1.14 bits per heavy atom. The van der Waals surface area contributed by atoms with Crippen LogP contribution in [0.3, 0.4) is 0 Å². The van der Waals surface area contributed by atoms with Gasteiger partial charge in [0, 0.05) is 61.5 Å². The van der Waals surface area contributed by atoms with Gasteiger partial charge in [-0.25, -0.2) is 4.98 Å². The van der Waals surface area contributed by atoms with E-state index < -0.39 is 0 Å². The Labute approximate surface area is 258 Å². The Bertz CT molecular complexity index is 1500. The third-order valence-electron chi connectivity index (χ3n) is 9.90. The van der Waals surface area contributed by atoms with Crippen LogP contribution < -0.4 is 10.2 Å². The number of carbonyl (C=O) groups is 3. The molecule has 2 N–H and O–H groups in total. The minimum atomic E-state index is -0.112. The zero-order valence-corrected chi connectivity index (χ0v) is 25.8. The van der Waals surface area contributed by atoms with Gasteiger partial charge in [-0.2, -0.15) is 0 Å². The number of H-pyrrole nitrogens is 1. The van der Waals surface area contributed by atoms with Crippen molar-refractivity contribution in [3.05, 3.63) is 47.2 Å². The number of halogens is 1. The van der Waals surface area contributed by atoms with Crippen molar-refractivity contribution in [3.63, 3.8) is 0 Å². The second-order valence-electron chi connectivity index (χ2n) is 12.6. The molecule has 3 fully saturated rings. The predicted octanol–water partition coefficient (Wildman–Crippen LogP) is 6.12. The summed E-state index contributed by atoms with van der Waals surface area (Å²) in [6, 6.07) is 7.76. The highest BCUT2D eigenvalue weighted by atomic mass is 35.5. The number of amides is 3. The first-order valence-corrected chi connectivity index (χ1v) is 16.4. The molecule has 8 nitrogen and oxygen atoms in total. The number of hydrogen-bond donors (Lipinski definition) is 2. The number of pyridine rings is 1. The number of piperazine rings is 1. The zero-order chi connectivity index (χ0) is 29.9. The van der Waals surface area contributed by atoms with Gasteiger partial charge in [0.1, 0.15) is 12.2 Å². The van der Waals surface area contributed by atoms with Gasteiger partial charge >= 0.3 is 0 Å². The molecule has 2 saturated carbocycles. The number of nitrogens with one attached hydrogen (secondary N) is 2. The number of rotatable bonds is 11. The van der Waals surface area contributed by atoms with E-state index in [4.69, 9.17) is 11.6 Å². The highest BCUT2D eigenvalue weighted by Crippen LogP contribution is 2.50. The molecule has 0 radical (unpaired) electrons. The average molecular weight is 604 g/mol. The zero-order valence-electron chi connectivity index (χ0n) is 25.0. The van der Waals surface area contributed by atoms with Crippen LogP contribution in [0.15, 0.2) is 36.7 Å². The van der Waals surface area contributed by atoms with Crippen molar-refractivity contribution in [2.75, 3.05) is 31.1 Å². The van der Waals surface area contributed by atoms with Crippen molar-refractivity contribution in [1.29, 1.82) is 0 Å². The molecule has 3 atom stereocenters. The fourth-order valence-corrected chi connectivity index (χ4v) is 7.94. The third kappa shape index (κ3) is 6.44. The molecule has 1 aromatic carbocycles. The lowest BCUT2D eigenvalue weighted by Gasteiger charge is -2.34. The van der Waals surface area contributed by atoms with E-state index in [2.05, 4.69) is 22.2 Å². The highest BCUT2D eigenvalue weighted by Gasteiger charge is 2.38. The number of carbonyl (C=O) groups excluding carboxylic acids is 3. The van der Waals surface area contributed by atoms with Crippen molar-refractivity contribution in [3.8, 4) is 11.1 Å². The molecule has 1 aliphatic heterocycles.